The van der Waals surface area contributed by atoms with E-state index in [4.69, 9.17) is 4.74 Å². The van der Waals surface area contributed by atoms with E-state index in [0.29, 0.717) is 5.69 Å². The van der Waals surface area contributed by atoms with Gasteiger partial charge in [-0.15, -0.1) is 0 Å². The Morgan fingerprint density at radius 2 is 1.46 bits per heavy atom. The summed E-state index contributed by atoms with van der Waals surface area (Å²) >= 11 is 0. The van der Waals surface area contributed by atoms with Gasteiger partial charge < -0.3 is 20.7 Å². The molecule has 3 amide bonds. The van der Waals surface area contributed by atoms with Gasteiger partial charge in [0.2, 0.25) is 5.91 Å². The summed E-state index contributed by atoms with van der Waals surface area (Å²) in [4.78, 5) is 34.0. The summed E-state index contributed by atoms with van der Waals surface area (Å²) in [5.74, 6) is -2.49. The van der Waals surface area contributed by atoms with Gasteiger partial charge in [0.15, 0.2) is 0 Å². The molecule has 0 atom stereocenters. The van der Waals surface area contributed by atoms with Gasteiger partial charge in [0.05, 0.1) is 0 Å². The minimum absolute atomic E-state index is 0.0220. The molecular weight excluding hydrogens is 355 g/mol. The molecule has 0 heterocycles. The summed E-state index contributed by atoms with van der Waals surface area (Å²) < 4.78 is 41.4. The summed E-state index contributed by atoms with van der Waals surface area (Å²) in [6.45, 7) is 5.18. The molecule has 0 aliphatic carbocycles. The Balaban J connectivity index is 2.41. The Kier molecular flexibility index (Phi) is 6.99. The fraction of sp³-hybridized carbons (Fsp3) is 0.438. The molecule has 7 nitrogen and oxygen atoms in total. The number of rotatable bonds is 5. The summed E-state index contributed by atoms with van der Waals surface area (Å²) in [5, 5.41) is 6.62. The number of hydrogen-bond donors (Lipinski definition) is 3. The topological polar surface area (TPSA) is 96.5 Å². The van der Waals surface area contributed by atoms with Crippen LogP contribution in [0.5, 0.6) is 0 Å². The number of alkyl halides is 3. The predicted octanol–water partition coefficient (Wildman–Crippen LogP) is 3.04. The molecular formula is C16H20F3N3O4. The highest BCUT2D eigenvalue weighted by Crippen LogP contribution is 2.19. The van der Waals surface area contributed by atoms with E-state index >= 15 is 0 Å². The molecule has 10 heteroatoms. The van der Waals surface area contributed by atoms with Crippen molar-refractivity contribution in [3.8, 4) is 0 Å². The maximum absolute atomic E-state index is 12.1. The number of alkyl carbamates (subject to hydrolysis) is 1. The highest BCUT2D eigenvalue weighted by Gasteiger charge is 2.38. The summed E-state index contributed by atoms with van der Waals surface area (Å²) in [5.41, 5.74) is -0.371. The zero-order valence-corrected chi connectivity index (χ0v) is 14.5. The fourth-order valence-electron chi connectivity index (χ4n) is 1.65. The first-order chi connectivity index (χ1) is 11.9. The van der Waals surface area contributed by atoms with E-state index in [1.807, 2.05) is 0 Å². The molecule has 1 rings (SSSR count). The Hall–Kier alpha value is -2.78. The lowest BCUT2D eigenvalue weighted by Crippen LogP contribution is -2.34. The second-order valence-corrected chi connectivity index (χ2v) is 6.26. The first kappa shape index (κ1) is 21.3. The second kappa shape index (κ2) is 8.54. The Morgan fingerprint density at radius 1 is 0.962 bits per heavy atom. The molecule has 1 aromatic rings. The highest BCUT2D eigenvalue weighted by atomic mass is 19.4. The van der Waals surface area contributed by atoms with Gasteiger partial charge in [-0.2, -0.15) is 13.2 Å². The summed E-state index contributed by atoms with van der Waals surface area (Å²) in [7, 11) is 0. The van der Waals surface area contributed by atoms with Crippen molar-refractivity contribution >= 4 is 29.3 Å². The summed E-state index contributed by atoms with van der Waals surface area (Å²) in [6.07, 6.45) is -5.64. The smallest absolute Gasteiger partial charge is 0.444 e. The van der Waals surface area contributed by atoms with E-state index < -0.39 is 29.7 Å². The van der Waals surface area contributed by atoms with Gasteiger partial charge in [-0.1, -0.05) is 0 Å². The monoisotopic (exact) mass is 375 g/mol. The molecule has 26 heavy (non-hydrogen) atoms. The van der Waals surface area contributed by atoms with Crippen molar-refractivity contribution in [3.05, 3.63) is 24.3 Å². The average Bonchev–Trinajstić information content (AvgIpc) is 2.46. The van der Waals surface area contributed by atoms with Crippen molar-refractivity contribution in [2.75, 3.05) is 17.2 Å². The molecule has 0 bridgehead atoms. The molecule has 1 aromatic carbocycles. The minimum atomic E-state index is -4.98. The molecule has 0 aliphatic heterocycles. The molecule has 0 aliphatic rings. The molecule has 0 radical (unpaired) electrons. The van der Waals surface area contributed by atoms with Crippen molar-refractivity contribution in [2.45, 2.75) is 39.0 Å². The lowest BCUT2D eigenvalue weighted by Gasteiger charge is -2.19. The Bertz CT molecular complexity index is 652. The third kappa shape index (κ3) is 8.36. The third-order valence-corrected chi connectivity index (χ3v) is 2.70. The molecule has 144 valence electrons. The number of hydrogen-bond acceptors (Lipinski definition) is 4. The molecule has 0 unspecified atom stereocenters. The van der Waals surface area contributed by atoms with Crippen LogP contribution >= 0.6 is 0 Å². The number of halogens is 3. The molecule has 0 aromatic heterocycles. The maximum Gasteiger partial charge on any atom is 0.471 e. The van der Waals surface area contributed by atoms with Crippen LogP contribution in [0, 0.1) is 0 Å². The summed E-state index contributed by atoms with van der Waals surface area (Å²) in [6, 6.07) is 5.12. The van der Waals surface area contributed by atoms with Gasteiger partial charge in [-0.3, -0.25) is 9.59 Å². The molecule has 0 spiro atoms. The van der Waals surface area contributed by atoms with E-state index in [-0.39, 0.29) is 18.7 Å². The standard InChI is InChI=1S/C16H20F3N3O4/c1-15(2,3)26-14(25)20-9-8-12(23)21-10-4-6-11(7-5-10)22-13(24)16(17,18)19/h4-7H,8-9H2,1-3H3,(H,20,25)(H,21,23)(H,22,24). The van der Waals surface area contributed by atoms with Crippen molar-refractivity contribution in [3.63, 3.8) is 0 Å². The van der Waals surface area contributed by atoms with Crippen LogP contribution in [0.15, 0.2) is 24.3 Å². The number of nitrogens with one attached hydrogen (secondary N) is 3. The largest absolute Gasteiger partial charge is 0.471 e. The number of carbonyl (C=O) groups is 3. The van der Waals surface area contributed by atoms with E-state index in [1.165, 1.54) is 24.3 Å². The minimum Gasteiger partial charge on any atom is -0.444 e. The van der Waals surface area contributed by atoms with Crippen LogP contribution in [0.1, 0.15) is 27.2 Å². The molecule has 0 saturated carbocycles. The predicted molar refractivity (Wildman–Crippen MR) is 88.6 cm³/mol. The Morgan fingerprint density at radius 3 is 1.92 bits per heavy atom. The van der Waals surface area contributed by atoms with Crippen LogP contribution in [0.25, 0.3) is 0 Å². The van der Waals surface area contributed by atoms with Crippen molar-refractivity contribution < 1.29 is 32.3 Å². The van der Waals surface area contributed by atoms with E-state index in [0.717, 1.165) is 0 Å². The van der Waals surface area contributed by atoms with Crippen LogP contribution < -0.4 is 16.0 Å². The van der Waals surface area contributed by atoms with E-state index in [2.05, 4.69) is 10.6 Å². The molecule has 0 saturated heterocycles. The van der Waals surface area contributed by atoms with Gasteiger partial charge in [-0.05, 0) is 45.0 Å². The lowest BCUT2D eigenvalue weighted by atomic mass is 10.2. The van der Waals surface area contributed by atoms with Gasteiger partial charge in [-0.25, -0.2) is 4.79 Å². The normalized spacial score (nSPS) is 11.5. The first-order valence-corrected chi connectivity index (χ1v) is 7.62. The van der Waals surface area contributed by atoms with Gasteiger partial charge in [0.25, 0.3) is 0 Å². The maximum atomic E-state index is 12.1. The van der Waals surface area contributed by atoms with Crippen LogP contribution in [-0.2, 0) is 14.3 Å². The van der Waals surface area contributed by atoms with Crippen molar-refractivity contribution in [1.29, 1.82) is 0 Å². The fourth-order valence-corrected chi connectivity index (χ4v) is 1.65. The number of benzene rings is 1. The lowest BCUT2D eigenvalue weighted by molar-refractivity contribution is -0.167. The van der Waals surface area contributed by atoms with E-state index in [9.17, 15) is 27.6 Å². The SMILES string of the molecule is CC(C)(C)OC(=O)NCCC(=O)Nc1ccc(NC(=O)C(F)(F)F)cc1. The van der Waals surface area contributed by atoms with Gasteiger partial charge in [0.1, 0.15) is 5.60 Å². The third-order valence-electron chi connectivity index (χ3n) is 2.70. The van der Waals surface area contributed by atoms with Crippen molar-refractivity contribution in [2.24, 2.45) is 0 Å². The first-order valence-electron chi connectivity index (χ1n) is 7.62. The molecule has 3 N–H and O–H groups in total. The zero-order chi connectivity index (χ0) is 20.0. The second-order valence-electron chi connectivity index (χ2n) is 6.26. The van der Waals surface area contributed by atoms with Crippen LogP contribution in [-0.4, -0.2) is 36.2 Å². The van der Waals surface area contributed by atoms with Crippen LogP contribution in [0.4, 0.5) is 29.3 Å². The zero-order valence-electron chi connectivity index (χ0n) is 14.5. The quantitative estimate of drug-likeness (QED) is 0.737. The number of anilines is 2. The van der Waals surface area contributed by atoms with Crippen molar-refractivity contribution in [1.82, 2.24) is 5.32 Å². The van der Waals surface area contributed by atoms with Gasteiger partial charge >= 0.3 is 18.2 Å². The van der Waals surface area contributed by atoms with Crippen LogP contribution in [0.3, 0.4) is 0 Å². The average molecular weight is 375 g/mol. The number of ether oxygens (including phenoxy) is 1. The Labute approximate surface area is 148 Å². The van der Waals surface area contributed by atoms with Gasteiger partial charge in [0, 0.05) is 24.3 Å². The number of amides is 3. The van der Waals surface area contributed by atoms with Crippen LogP contribution in [0.2, 0.25) is 0 Å². The highest BCUT2D eigenvalue weighted by molar-refractivity contribution is 5.95. The number of carbonyl (C=O) groups excluding carboxylic acids is 3. The molecule has 0 fully saturated rings. The van der Waals surface area contributed by atoms with E-state index in [1.54, 1.807) is 26.1 Å².